The number of benzene rings is 2. The van der Waals surface area contributed by atoms with Gasteiger partial charge in [-0.3, -0.25) is 0 Å². The van der Waals surface area contributed by atoms with Crippen LogP contribution < -0.4 is 0 Å². The number of thioether (sulfide) groups is 1. The summed E-state index contributed by atoms with van der Waals surface area (Å²) in [6.45, 7) is 2.72. The minimum absolute atomic E-state index is 0.111. The third-order valence-electron chi connectivity index (χ3n) is 4.74. The molecule has 0 aliphatic heterocycles. The van der Waals surface area contributed by atoms with Crippen LogP contribution in [0, 0.1) is 0 Å². The monoisotopic (exact) mass is 438 g/mol. The molecule has 4 aromatic rings. The summed E-state index contributed by atoms with van der Waals surface area (Å²) in [6.07, 6.45) is 1.25. The topological polar surface area (TPSA) is 77.7 Å². The summed E-state index contributed by atoms with van der Waals surface area (Å²) in [7, 11) is -3.01. The van der Waals surface area contributed by atoms with Gasteiger partial charge in [0.15, 0.2) is 11.0 Å². The molecule has 0 saturated heterocycles. The highest BCUT2D eigenvalue weighted by Crippen LogP contribution is 2.32. The fourth-order valence-electron chi connectivity index (χ4n) is 3.28. The highest BCUT2D eigenvalue weighted by atomic mass is 32.2. The summed E-state index contributed by atoms with van der Waals surface area (Å²) in [5.74, 6) is 1.32. The Morgan fingerprint density at radius 2 is 1.73 bits per heavy atom. The number of hydrogen-bond donors (Lipinski definition) is 0. The first-order valence-electron chi connectivity index (χ1n) is 9.65. The molecule has 2 aromatic carbocycles. The standard InChI is InChI=1S/C22H22N4O2S2/c1-3-26-21(24-25-22(26)29-13-14-30(2,27)28)18-15-20(16-9-5-4-6-10-16)23-19-12-8-7-11-17(18)19/h4-12,15H,3,13-14H2,1-2H3. The second-order valence-electron chi connectivity index (χ2n) is 6.97. The molecule has 0 amide bonds. The van der Waals surface area contributed by atoms with Crippen molar-refractivity contribution in [1.82, 2.24) is 19.7 Å². The molecule has 0 unspecified atom stereocenters. The minimum atomic E-state index is -3.01. The van der Waals surface area contributed by atoms with E-state index in [1.165, 1.54) is 18.0 Å². The van der Waals surface area contributed by atoms with Crippen LogP contribution in [0.3, 0.4) is 0 Å². The molecule has 0 aliphatic rings. The van der Waals surface area contributed by atoms with Gasteiger partial charge in [0.25, 0.3) is 0 Å². The summed E-state index contributed by atoms with van der Waals surface area (Å²) in [5.41, 5.74) is 3.77. The fourth-order valence-corrected chi connectivity index (χ4v) is 5.48. The molecule has 0 N–H and O–H groups in total. The van der Waals surface area contributed by atoms with Gasteiger partial charge in [0.2, 0.25) is 0 Å². The van der Waals surface area contributed by atoms with E-state index in [4.69, 9.17) is 4.98 Å². The van der Waals surface area contributed by atoms with Crippen LogP contribution in [0.25, 0.3) is 33.5 Å². The summed E-state index contributed by atoms with van der Waals surface area (Å²) in [5, 5.41) is 10.6. The summed E-state index contributed by atoms with van der Waals surface area (Å²) in [4.78, 5) is 4.84. The molecule has 2 aromatic heterocycles. The second-order valence-corrected chi connectivity index (χ2v) is 10.3. The number of hydrogen-bond acceptors (Lipinski definition) is 6. The van der Waals surface area contributed by atoms with Crippen LogP contribution in [0.2, 0.25) is 0 Å². The van der Waals surface area contributed by atoms with Crippen LogP contribution in [-0.4, -0.2) is 45.9 Å². The zero-order valence-electron chi connectivity index (χ0n) is 16.8. The van der Waals surface area contributed by atoms with E-state index in [-0.39, 0.29) is 5.75 Å². The van der Waals surface area contributed by atoms with E-state index in [2.05, 4.69) is 16.3 Å². The quantitative estimate of drug-likeness (QED) is 0.400. The van der Waals surface area contributed by atoms with E-state index in [9.17, 15) is 8.42 Å². The Morgan fingerprint density at radius 3 is 2.47 bits per heavy atom. The molecule has 2 heterocycles. The minimum Gasteiger partial charge on any atom is -0.302 e. The van der Waals surface area contributed by atoms with E-state index in [0.717, 1.165) is 38.7 Å². The maximum absolute atomic E-state index is 11.5. The van der Waals surface area contributed by atoms with Gasteiger partial charge >= 0.3 is 0 Å². The Hall–Kier alpha value is -2.71. The average molecular weight is 439 g/mol. The van der Waals surface area contributed by atoms with Crippen LogP contribution in [0.15, 0.2) is 65.8 Å². The van der Waals surface area contributed by atoms with E-state index < -0.39 is 9.84 Å². The van der Waals surface area contributed by atoms with E-state index in [1.807, 2.05) is 66.1 Å². The highest BCUT2D eigenvalue weighted by molar-refractivity contribution is 8.00. The zero-order chi connectivity index (χ0) is 21.1. The van der Waals surface area contributed by atoms with Gasteiger partial charge in [-0.15, -0.1) is 10.2 Å². The lowest BCUT2D eigenvalue weighted by Crippen LogP contribution is -2.06. The average Bonchev–Trinajstić information content (AvgIpc) is 3.15. The molecule has 0 atom stereocenters. The highest BCUT2D eigenvalue weighted by Gasteiger charge is 2.18. The van der Waals surface area contributed by atoms with E-state index >= 15 is 0 Å². The van der Waals surface area contributed by atoms with Gasteiger partial charge in [-0.25, -0.2) is 13.4 Å². The molecule has 0 aliphatic carbocycles. The lowest BCUT2D eigenvalue weighted by molar-refractivity contribution is 0.603. The van der Waals surface area contributed by atoms with Gasteiger partial charge in [-0.05, 0) is 19.1 Å². The molecule has 6 nitrogen and oxygen atoms in total. The van der Waals surface area contributed by atoms with Crippen molar-refractivity contribution < 1.29 is 8.42 Å². The van der Waals surface area contributed by atoms with Gasteiger partial charge in [-0.2, -0.15) is 0 Å². The Kier molecular flexibility index (Phi) is 5.87. The maximum Gasteiger partial charge on any atom is 0.191 e. The Morgan fingerprint density at radius 1 is 1.00 bits per heavy atom. The van der Waals surface area contributed by atoms with Gasteiger partial charge in [-0.1, -0.05) is 60.3 Å². The molecule has 0 fully saturated rings. The van der Waals surface area contributed by atoms with Crippen LogP contribution in [-0.2, 0) is 16.4 Å². The molecule has 0 bridgehead atoms. The maximum atomic E-state index is 11.5. The van der Waals surface area contributed by atoms with Crippen LogP contribution in [0.5, 0.6) is 0 Å². The van der Waals surface area contributed by atoms with Crippen molar-refractivity contribution in [2.75, 3.05) is 17.8 Å². The first-order chi connectivity index (χ1) is 14.5. The van der Waals surface area contributed by atoms with Crippen molar-refractivity contribution in [2.45, 2.75) is 18.6 Å². The Labute approximate surface area is 180 Å². The summed E-state index contributed by atoms with van der Waals surface area (Å²) >= 11 is 1.41. The number of pyridine rings is 1. The van der Waals surface area contributed by atoms with E-state index in [1.54, 1.807) is 0 Å². The largest absolute Gasteiger partial charge is 0.302 e. The van der Waals surface area contributed by atoms with Crippen LogP contribution in [0.4, 0.5) is 0 Å². The molecular weight excluding hydrogens is 416 g/mol. The molecule has 0 saturated carbocycles. The molecule has 8 heteroatoms. The van der Waals surface area contributed by atoms with Gasteiger partial charge in [0.1, 0.15) is 9.84 Å². The third kappa shape index (κ3) is 4.39. The molecular formula is C22H22N4O2S2. The van der Waals surface area contributed by atoms with Crippen molar-refractivity contribution in [3.63, 3.8) is 0 Å². The SMILES string of the molecule is CCn1c(SCCS(C)(=O)=O)nnc1-c1cc(-c2ccccc2)nc2ccccc12. The summed E-state index contributed by atoms with van der Waals surface area (Å²) in [6, 6.07) is 20.1. The smallest absolute Gasteiger partial charge is 0.191 e. The van der Waals surface area contributed by atoms with Crippen molar-refractivity contribution in [1.29, 1.82) is 0 Å². The van der Waals surface area contributed by atoms with Crippen molar-refractivity contribution >= 4 is 32.5 Å². The van der Waals surface area contributed by atoms with Gasteiger partial charge in [0.05, 0.1) is 17.0 Å². The molecule has 154 valence electrons. The fraction of sp³-hybridized carbons (Fsp3) is 0.227. The number of sulfone groups is 1. The lowest BCUT2D eigenvalue weighted by atomic mass is 10.0. The number of aromatic nitrogens is 4. The number of rotatable bonds is 7. The Bertz CT molecular complexity index is 1290. The first kappa shape index (κ1) is 20.6. The second kappa shape index (κ2) is 8.57. The predicted molar refractivity (Wildman–Crippen MR) is 122 cm³/mol. The van der Waals surface area contributed by atoms with E-state index in [0.29, 0.717) is 12.3 Å². The Balaban J connectivity index is 1.81. The molecule has 0 spiro atoms. The number of para-hydroxylation sites is 1. The van der Waals surface area contributed by atoms with Crippen LogP contribution in [0.1, 0.15) is 6.92 Å². The number of nitrogens with zero attached hydrogens (tertiary/aromatic N) is 4. The number of fused-ring (bicyclic) bond motifs is 1. The lowest BCUT2D eigenvalue weighted by Gasteiger charge is -2.11. The van der Waals surface area contributed by atoms with Crippen LogP contribution >= 0.6 is 11.8 Å². The normalized spacial score (nSPS) is 11.8. The van der Waals surface area contributed by atoms with Crippen molar-refractivity contribution in [3.05, 3.63) is 60.7 Å². The summed E-state index contributed by atoms with van der Waals surface area (Å²) < 4.78 is 24.9. The molecule has 4 rings (SSSR count). The third-order valence-corrected chi connectivity index (χ3v) is 6.92. The van der Waals surface area contributed by atoms with Crippen molar-refractivity contribution in [3.8, 4) is 22.6 Å². The molecule has 30 heavy (non-hydrogen) atoms. The zero-order valence-corrected chi connectivity index (χ0v) is 18.4. The predicted octanol–water partition coefficient (Wildman–Crippen LogP) is 4.32. The first-order valence-corrected chi connectivity index (χ1v) is 12.7. The van der Waals surface area contributed by atoms with Gasteiger partial charge in [0, 0.05) is 35.1 Å². The van der Waals surface area contributed by atoms with Crippen molar-refractivity contribution in [2.24, 2.45) is 0 Å². The van der Waals surface area contributed by atoms with Gasteiger partial charge < -0.3 is 4.57 Å². The molecule has 0 radical (unpaired) electrons.